The molecule has 118 valence electrons. The Morgan fingerprint density at radius 3 is 3.09 bits per heavy atom. The van der Waals surface area contributed by atoms with Crippen molar-refractivity contribution in [2.24, 2.45) is 11.8 Å². The fraction of sp³-hybridized carbons (Fsp3) is 0.529. The number of fused-ring (bicyclic) bond motifs is 1. The quantitative estimate of drug-likeness (QED) is 0.912. The Hall–Kier alpha value is -1.88. The number of anilines is 1. The number of aryl methyl sites for hydroxylation is 1. The van der Waals surface area contributed by atoms with Gasteiger partial charge in [-0.15, -0.1) is 0 Å². The van der Waals surface area contributed by atoms with Gasteiger partial charge in [-0.25, -0.2) is 0 Å². The maximum Gasteiger partial charge on any atom is 0.228 e. The van der Waals surface area contributed by atoms with Crippen LogP contribution in [0, 0.1) is 18.8 Å². The lowest BCUT2D eigenvalue weighted by atomic mass is 10.1. The number of carbonyl (C=O) groups is 1. The summed E-state index contributed by atoms with van der Waals surface area (Å²) >= 11 is 0. The fourth-order valence-corrected chi connectivity index (χ4v) is 3.20. The molecule has 1 atom stereocenters. The molecule has 1 amide bonds. The Kier molecular flexibility index (Phi) is 4.16. The Morgan fingerprint density at radius 2 is 2.32 bits per heavy atom. The van der Waals surface area contributed by atoms with Gasteiger partial charge in [0, 0.05) is 24.2 Å². The molecule has 0 radical (unpaired) electrons. The third-order valence-corrected chi connectivity index (χ3v) is 4.31. The summed E-state index contributed by atoms with van der Waals surface area (Å²) in [5.41, 5.74) is 2.95. The molecule has 1 unspecified atom stereocenters. The third-order valence-electron chi connectivity index (χ3n) is 4.31. The first kappa shape index (κ1) is 15.0. The number of carbonyl (C=O) groups excluding carboxylic acids is 1. The van der Waals surface area contributed by atoms with Gasteiger partial charge in [-0.2, -0.15) is 5.10 Å². The molecular weight excluding hydrogens is 276 g/mol. The summed E-state index contributed by atoms with van der Waals surface area (Å²) in [6.45, 7) is 9.42. The maximum absolute atomic E-state index is 12.5. The molecule has 0 spiro atoms. The third kappa shape index (κ3) is 3.14. The maximum atomic E-state index is 12.5. The van der Waals surface area contributed by atoms with Crippen LogP contribution in [0.5, 0.6) is 0 Å². The molecule has 1 saturated heterocycles. The van der Waals surface area contributed by atoms with Crippen LogP contribution in [0.2, 0.25) is 0 Å². The second-order valence-electron chi connectivity index (χ2n) is 6.75. The van der Waals surface area contributed by atoms with Gasteiger partial charge >= 0.3 is 0 Å². The molecule has 5 nitrogen and oxygen atoms in total. The second-order valence-corrected chi connectivity index (χ2v) is 6.75. The van der Waals surface area contributed by atoms with Crippen LogP contribution in [-0.2, 0) is 4.79 Å². The molecular formula is C17H24N4O. The van der Waals surface area contributed by atoms with Gasteiger partial charge in [-0.1, -0.05) is 13.8 Å². The van der Waals surface area contributed by atoms with E-state index in [4.69, 9.17) is 0 Å². The molecule has 1 aliphatic heterocycles. The minimum Gasteiger partial charge on any atom is -0.326 e. The van der Waals surface area contributed by atoms with E-state index in [9.17, 15) is 4.79 Å². The van der Waals surface area contributed by atoms with Crippen LogP contribution in [-0.4, -0.2) is 40.6 Å². The Balaban J connectivity index is 1.67. The van der Waals surface area contributed by atoms with Crippen molar-refractivity contribution in [3.63, 3.8) is 0 Å². The van der Waals surface area contributed by atoms with Crippen molar-refractivity contribution in [1.82, 2.24) is 15.1 Å². The van der Waals surface area contributed by atoms with Crippen molar-refractivity contribution < 1.29 is 4.79 Å². The van der Waals surface area contributed by atoms with Crippen molar-refractivity contribution >= 4 is 22.5 Å². The SMILES string of the molecule is Cc1cc2[nH]ncc2cc1NC(=O)C1CCN(CC(C)C)C1. The number of hydrogen-bond acceptors (Lipinski definition) is 3. The zero-order valence-electron chi connectivity index (χ0n) is 13.5. The Labute approximate surface area is 131 Å². The number of hydrogen-bond donors (Lipinski definition) is 2. The zero-order valence-corrected chi connectivity index (χ0v) is 13.5. The van der Waals surface area contributed by atoms with E-state index in [2.05, 4.69) is 34.3 Å². The van der Waals surface area contributed by atoms with Crippen molar-refractivity contribution in [2.75, 3.05) is 25.0 Å². The highest BCUT2D eigenvalue weighted by Crippen LogP contribution is 2.24. The van der Waals surface area contributed by atoms with Crippen molar-refractivity contribution in [2.45, 2.75) is 27.2 Å². The molecule has 1 aromatic carbocycles. The number of amides is 1. The lowest BCUT2D eigenvalue weighted by Crippen LogP contribution is -2.29. The first-order chi connectivity index (χ1) is 10.5. The number of benzene rings is 1. The van der Waals surface area contributed by atoms with E-state index in [0.29, 0.717) is 5.92 Å². The van der Waals surface area contributed by atoms with Gasteiger partial charge in [0.25, 0.3) is 0 Å². The highest BCUT2D eigenvalue weighted by Gasteiger charge is 2.28. The van der Waals surface area contributed by atoms with E-state index in [0.717, 1.165) is 48.2 Å². The predicted molar refractivity (Wildman–Crippen MR) is 88.8 cm³/mol. The molecule has 3 rings (SSSR count). The van der Waals surface area contributed by atoms with Crippen LogP contribution in [0.15, 0.2) is 18.3 Å². The molecule has 5 heteroatoms. The lowest BCUT2D eigenvalue weighted by Gasteiger charge is -2.18. The van der Waals surface area contributed by atoms with Crippen molar-refractivity contribution in [1.29, 1.82) is 0 Å². The molecule has 0 bridgehead atoms. The highest BCUT2D eigenvalue weighted by molar-refractivity contribution is 5.96. The minimum absolute atomic E-state index is 0.0956. The van der Waals surface area contributed by atoms with E-state index in [1.165, 1.54) is 0 Å². The topological polar surface area (TPSA) is 61.0 Å². The molecule has 1 aromatic heterocycles. The number of H-pyrrole nitrogens is 1. The number of aromatic nitrogens is 2. The van der Waals surface area contributed by atoms with Crippen molar-refractivity contribution in [3.05, 3.63) is 23.9 Å². The van der Waals surface area contributed by atoms with Gasteiger partial charge in [-0.05, 0) is 43.5 Å². The summed E-state index contributed by atoms with van der Waals surface area (Å²) in [5, 5.41) is 11.1. The molecule has 1 fully saturated rings. The number of nitrogens with one attached hydrogen (secondary N) is 2. The molecule has 0 aliphatic carbocycles. The zero-order chi connectivity index (χ0) is 15.7. The van der Waals surface area contributed by atoms with E-state index in [1.54, 1.807) is 6.20 Å². The number of likely N-dealkylation sites (tertiary alicyclic amines) is 1. The summed E-state index contributed by atoms with van der Waals surface area (Å²) in [5.74, 6) is 0.878. The fourth-order valence-electron chi connectivity index (χ4n) is 3.20. The summed E-state index contributed by atoms with van der Waals surface area (Å²) in [7, 11) is 0. The summed E-state index contributed by atoms with van der Waals surface area (Å²) in [4.78, 5) is 14.9. The van der Waals surface area contributed by atoms with Gasteiger partial charge in [-0.3, -0.25) is 9.89 Å². The predicted octanol–water partition coefficient (Wildman–Crippen LogP) is 2.79. The van der Waals surface area contributed by atoms with Gasteiger partial charge in [0.05, 0.1) is 17.6 Å². The van der Waals surface area contributed by atoms with Crippen LogP contribution in [0.3, 0.4) is 0 Å². The average Bonchev–Trinajstić information content (AvgIpc) is 3.07. The summed E-state index contributed by atoms with van der Waals surface area (Å²) < 4.78 is 0. The average molecular weight is 300 g/mol. The first-order valence-electron chi connectivity index (χ1n) is 8.00. The van der Waals surface area contributed by atoms with Crippen LogP contribution in [0.1, 0.15) is 25.8 Å². The second kappa shape index (κ2) is 6.08. The number of nitrogens with zero attached hydrogens (tertiary/aromatic N) is 2. The Morgan fingerprint density at radius 1 is 1.50 bits per heavy atom. The molecule has 2 heterocycles. The molecule has 22 heavy (non-hydrogen) atoms. The Bertz CT molecular complexity index is 676. The van der Waals surface area contributed by atoms with E-state index in [1.807, 2.05) is 19.1 Å². The van der Waals surface area contributed by atoms with E-state index in [-0.39, 0.29) is 11.8 Å². The molecule has 1 aliphatic rings. The molecule has 0 saturated carbocycles. The highest BCUT2D eigenvalue weighted by atomic mass is 16.1. The minimum atomic E-state index is 0.0956. The molecule has 2 N–H and O–H groups in total. The summed E-state index contributed by atoms with van der Waals surface area (Å²) in [6.07, 6.45) is 2.73. The van der Waals surface area contributed by atoms with Crippen molar-refractivity contribution in [3.8, 4) is 0 Å². The monoisotopic (exact) mass is 300 g/mol. The van der Waals surface area contributed by atoms with Crippen LogP contribution in [0.25, 0.3) is 10.9 Å². The van der Waals surface area contributed by atoms with Gasteiger partial charge < -0.3 is 10.2 Å². The van der Waals surface area contributed by atoms with Gasteiger partial charge in [0.2, 0.25) is 5.91 Å². The summed E-state index contributed by atoms with van der Waals surface area (Å²) in [6, 6.07) is 4.02. The largest absolute Gasteiger partial charge is 0.326 e. The number of aromatic amines is 1. The van der Waals surface area contributed by atoms with Gasteiger partial charge in [0.1, 0.15) is 0 Å². The van der Waals surface area contributed by atoms with Crippen LogP contribution < -0.4 is 5.32 Å². The number of rotatable bonds is 4. The first-order valence-corrected chi connectivity index (χ1v) is 8.00. The van der Waals surface area contributed by atoms with Crippen LogP contribution in [0.4, 0.5) is 5.69 Å². The van der Waals surface area contributed by atoms with E-state index < -0.39 is 0 Å². The normalized spacial score (nSPS) is 19.2. The van der Waals surface area contributed by atoms with E-state index >= 15 is 0 Å². The lowest BCUT2D eigenvalue weighted by molar-refractivity contribution is -0.119. The van der Waals surface area contributed by atoms with Crippen LogP contribution >= 0.6 is 0 Å². The standard InChI is InChI=1S/C17H24N4O/c1-11(2)9-21-5-4-13(10-21)17(22)19-15-7-14-8-18-20-16(14)6-12(15)3/h6-8,11,13H,4-5,9-10H2,1-3H3,(H,18,20)(H,19,22). The van der Waals surface area contributed by atoms with Gasteiger partial charge in [0.15, 0.2) is 0 Å². The smallest absolute Gasteiger partial charge is 0.228 e. The molecule has 2 aromatic rings.